The number of carbonyl (C=O) groups excluding carboxylic acids is 1. The molecule has 0 spiro atoms. The molecule has 0 saturated carbocycles. The topological polar surface area (TPSA) is 41.5 Å². The van der Waals surface area contributed by atoms with E-state index in [1.807, 2.05) is 48.5 Å². The second kappa shape index (κ2) is 7.36. The summed E-state index contributed by atoms with van der Waals surface area (Å²) < 4.78 is 2.00. The van der Waals surface area contributed by atoms with Gasteiger partial charge in [0.1, 0.15) is 0 Å². The minimum atomic E-state index is -0.138. The van der Waals surface area contributed by atoms with Gasteiger partial charge in [0.25, 0.3) is 0 Å². The third kappa shape index (κ3) is 4.90. The van der Waals surface area contributed by atoms with Crippen LogP contribution in [0.5, 0.6) is 0 Å². The Morgan fingerprint density at radius 3 is 2.15 bits per heavy atom. The van der Waals surface area contributed by atoms with Crippen LogP contribution in [0.2, 0.25) is 0 Å². The first-order valence-electron chi connectivity index (χ1n) is 5.95. The van der Waals surface area contributed by atoms with Crippen LogP contribution in [-0.4, -0.2) is 12.1 Å². The molecule has 2 aromatic carbocycles. The molecule has 0 aliphatic heterocycles. The zero-order valence-electron chi connectivity index (χ0n) is 10.5. The number of halogens is 2. The van der Waals surface area contributed by atoms with E-state index in [0.717, 1.165) is 20.1 Å². The molecule has 0 fully saturated rings. The maximum Gasteiger partial charge on any atom is 0.244 e. The van der Waals surface area contributed by atoms with Gasteiger partial charge in [0, 0.05) is 8.95 Å². The molecule has 2 rings (SSSR count). The van der Waals surface area contributed by atoms with Crippen molar-refractivity contribution in [3.05, 3.63) is 68.6 Å². The first-order chi connectivity index (χ1) is 9.63. The molecule has 0 heterocycles. The van der Waals surface area contributed by atoms with Gasteiger partial charge in [-0.15, -0.1) is 0 Å². The zero-order chi connectivity index (χ0) is 14.4. The van der Waals surface area contributed by atoms with Crippen LogP contribution in [0.4, 0.5) is 0 Å². The fraction of sp³-hybridized carbons (Fsp3) is 0.0667. The van der Waals surface area contributed by atoms with Gasteiger partial charge in [-0.05, 0) is 35.4 Å². The number of nitrogens with zero attached hydrogens (tertiary/aromatic N) is 1. The molecule has 0 aliphatic carbocycles. The number of hydrazone groups is 1. The van der Waals surface area contributed by atoms with Crippen molar-refractivity contribution in [2.24, 2.45) is 5.10 Å². The molecule has 3 nitrogen and oxygen atoms in total. The second-order valence-electron chi connectivity index (χ2n) is 4.15. The summed E-state index contributed by atoms with van der Waals surface area (Å²) >= 11 is 6.72. The molecule has 1 amide bonds. The van der Waals surface area contributed by atoms with E-state index in [9.17, 15) is 4.79 Å². The summed E-state index contributed by atoms with van der Waals surface area (Å²) in [4.78, 5) is 11.7. The second-order valence-corrected chi connectivity index (χ2v) is 5.98. The number of rotatable bonds is 4. The lowest BCUT2D eigenvalue weighted by atomic mass is 10.1. The highest BCUT2D eigenvalue weighted by Gasteiger charge is 2.01. The summed E-state index contributed by atoms with van der Waals surface area (Å²) in [6.07, 6.45) is 1.93. The first-order valence-corrected chi connectivity index (χ1v) is 7.54. The van der Waals surface area contributed by atoms with Gasteiger partial charge in [0.15, 0.2) is 0 Å². The molecule has 1 N–H and O–H groups in total. The SMILES string of the molecule is O=C(Cc1ccc(Br)cc1)N/N=C/c1ccc(Br)cc1. The number of nitrogens with one attached hydrogen (secondary N) is 1. The Morgan fingerprint density at radius 1 is 1.00 bits per heavy atom. The molecule has 5 heteroatoms. The van der Waals surface area contributed by atoms with Crippen LogP contribution in [0.25, 0.3) is 0 Å². The summed E-state index contributed by atoms with van der Waals surface area (Å²) in [6, 6.07) is 15.3. The first kappa shape index (κ1) is 14.9. The molecule has 0 bridgehead atoms. The average molecular weight is 396 g/mol. The normalized spacial score (nSPS) is 10.7. The van der Waals surface area contributed by atoms with Crippen molar-refractivity contribution in [2.45, 2.75) is 6.42 Å². The van der Waals surface area contributed by atoms with E-state index in [-0.39, 0.29) is 5.91 Å². The number of benzene rings is 2. The molecule has 0 aliphatic rings. The number of hydrogen-bond acceptors (Lipinski definition) is 2. The van der Waals surface area contributed by atoms with E-state index >= 15 is 0 Å². The van der Waals surface area contributed by atoms with E-state index in [4.69, 9.17) is 0 Å². The lowest BCUT2D eigenvalue weighted by Crippen LogP contribution is -2.19. The van der Waals surface area contributed by atoms with Crippen molar-refractivity contribution >= 4 is 44.0 Å². The molecule has 0 aromatic heterocycles. The van der Waals surface area contributed by atoms with Gasteiger partial charge in [-0.3, -0.25) is 4.79 Å². The quantitative estimate of drug-likeness (QED) is 0.618. The van der Waals surface area contributed by atoms with Gasteiger partial charge < -0.3 is 0 Å². The highest BCUT2D eigenvalue weighted by atomic mass is 79.9. The van der Waals surface area contributed by atoms with Crippen LogP contribution < -0.4 is 5.43 Å². The molecule has 102 valence electrons. The predicted octanol–water partition coefficient (Wildman–Crippen LogP) is 3.90. The predicted molar refractivity (Wildman–Crippen MR) is 87.7 cm³/mol. The Hall–Kier alpha value is -1.46. The molecular weight excluding hydrogens is 384 g/mol. The maximum absolute atomic E-state index is 11.7. The summed E-state index contributed by atoms with van der Waals surface area (Å²) in [7, 11) is 0. The molecule has 0 radical (unpaired) electrons. The molecule has 0 atom stereocenters. The Morgan fingerprint density at radius 2 is 1.55 bits per heavy atom. The molecule has 2 aromatic rings. The van der Waals surface area contributed by atoms with Crippen molar-refractivity contribution in [3.63, 3.8) is 0 Å². The molecular formula is C15H12Br2N2O. The molecule has 0 saturated heterocycles. The minimum absolute atomic E-state index is 0.138. The third-order valence-corrected chi connectivity index (χ3v) is 3.61. The summed E-state index contributed by atoms with van der Waals surface area (Å²) in [5.74, 6) is -0.138. The largest absolute Gasteiger partial charge is 0.273 e. The summed E-state index contributed by atoms with van der Waals surface area (Å²) in [5, 5.41) is 3.94. The van der Waals surface area contributed by atoms with Crippen LogP contribution in [0.15, 0.2) is 62.6 Å². The van der Waals surface area contributed by atoms with Crippen molar-refractivity contribution in [3.8, 4) is 0 Å². The molecule has 0 unspecified atom stereocenters. The monoisotopic (exact) mass is 394 g/mol. The van der Waals surface area contributed by atoms with Crippen LogP contribution in [0.1, 0.15) is 11.1 Å². The van der Waals surface area contributed by atoms with E-state index in [1.165, 1.54) is 0 Å². The van der Waals surface area contributed by atoms with Crippen LogP contribution >= 0.6 is 31.9 Å². The van der Waals surface area contributed by atoms with Crippen molar-refractivity contribution in [1.82, 2.24) is 5.43 Å². The fourth-order valence-corrected chi connectivity index (χ4v) is 2.08. The number of hydrogen-bond donors (Lipinski definition) is 1. The minimum Gasteiger partial charge on any atom is -0.273 e. The summed E-state index contributed by atoms with van der Waals surface area (Å²) in [6.45, 7) is 0. The van der Waals surface area contributed by atoms with Gasteiger partial charge in [0.2, 0.25) is 5.91 Å². The number of carbonyl (C=O) groups is 1. The lowest BCUT2D eigenvalue weighted by Gasteiger charge is -2.00. The van der Waals surface area contributed by atoms with E-state index in [0.29, 0.717) is 6.42 Å². The van der Waals surface area contributed by atoms with Crippen LogP contribution in [0, 0.1) is 0 Å². The third-order valence-electron chi connectivity index (χ3n) is 2.55. The van der Waals surface area contributed by atoms with Crippen molar-refractivity contribution < 1.29 is 4.79 Å². The smallest absolute Gasteiger partial charge is 0.244 e. The number of amides is 1. The highest BCUT2D eigenvalue weighted by Crippen LogP contribution is 2.11. The lowest BCUT2D eigenvalue weighted by molar-refractivity contribution is -0.120. The maximum atomic E-state index is 11.7. The Bertz CT molecular complexity index is 607. The van der Waals surface area contributed by atoms with Gasteiger partial charge in [-0.1, -0.05) is 56.1 Å². The summed E-state index contributed by atoms with van der Waals surface area (Å²) in [5.41, 5.74) is 4.39. The van der Waals surface area contributed by atoms with E-state index in [2.05, 4.69) is 42.4 Å². The van der Waals surface area contributed by atoms with E-state index < -0.39 is 0 Å². The van der Waals surface area contributed by atoms with Gasteiger partial charge >= 0.3 is 0 Å². The van der Waals surface area contributed by atoms with Gasteiger partial charge in [-0.2, -0.15) is 5.10 Å². The van der Waals surface area contributed by atoms with Crippen molar-refractivity contribution in [2.75, 3.05) is 0 Å². The Labute approximate surface area is 134 Å². The van der Waals surface area contributed by atoms with Gasteiger partial charge in [-0.25, -0.2) is 5.43 Å². The molecule has 20 heavy (non-hydrogen) atoms. The average Bonchev–Trinajstić information content (AvgIpc) is 2.44. The van der Waals surface area contributed by atoms with E-state index in [1.54, 1.807) is 6.21 Å². The van der Waals surface area contributed by atoms with Crippen LogP contribution in [-0.2, 0) is 11.2 Å². The Kier molecular flexibility index (Phi) is 5.49. The zero-order valence-corrected chi connectivity index (χ0v) is 13.7. The van der Waals surface area contributed by atoms with Crippen LogP contribution in [0.3, 0.4) is 0 Å². The standard InChI is InChI=1S/C15H12Br2N2O/c16-13-5-1-11(2-6-13)9-15(20)19-18-10-12-3-7-14(17)8-4-12/h1-8,10H,9H2,(H,19,20)/b18-10+. The van der Waals surface area contributed by atoms with Crippen molar-refractivity contribution in [1.29, 1.82) is 0 Å². The highest BCUT2D eigenvalue weighted by molar-refractivity contribution is 9.10. The fourth-order valence-electron chi connectivity index (χ4n) is 1.55. The van der Waals surface area contributed by atoms with Gasteiger partial charge in [0.05, 0.1) is 12.6 Å². The Balaban J connectivity index is 1.85.